The number of nitrogens with zero attached hydrogens (tertiary/aromatic N) is 2. The highest BCUT2D eigenvalue weighted by atomic mass is 35.5. The number of carbonyl (C=O) groups excluding carboxylic acids is 1. The number of pyridine rings is 1. The minimum atomic E-state index is -1.30. The zero-order chi connectivity index (χ0) is 13.7. The number of aromatic nitrogens is 1. The summed E-state index contributed by atoms with van der Waals surface area (Å²) in [6.07, 6.45) is 0.0387. The summed E-state index contributed by atoms with van der Waals surface area (Å²) in [6, 6.07) is 1.70. The van der Waals surface area contributed by atoms with E-state index in [0.717, 1.165) is 0 Å². The predicted molar refractivity (Wildman–Crippen MR) is 64.9 cm³/mol. The van der Waals surface area contributed by atoms with Gasteiger partial charge in [0.1, 0.15) is 17.0 Å². The Labute approximate surface area is 109 Å². The fraction of sp³-hybridized carbons (Fsp3) is 0.455. The van der Waals surface area contributed by atoms with Gasteiger partial charge in [0.25, 0.3) is 0 Å². The first-order chi connectivity index (χ1) is 8.41. The number of aliphatic hydroxyl groups excluding tert-OH is 1. The van der Waals surface area contributed by atoms with Crippen LogP contribution in [0.1, 0.15) is 31.4 Å². The highest BCUT2D eigenvalue weighted by Crippen LogP contribution is 2.22. The van der Waals surface area contributed by atoms with Crippen molar-refractivity contribution in [3.63, 3.8) is 0 Å². The Balaban J connectivity index is 2.81. The molecule has 2 atom stereocenters. The van der Waals surface area contributed by atoms with E-state index in [0.29, 0.717) is 5.56 Å². The van der Waals surface area contributed by atoms with Crippen molar-refractivity contribution in [3.05, 3.63) is 39.2 Å². The number of hydrogen-bond donors (Lipinski definition) is 1. The molecule has 1 aromatic rings. The number of aliphatic hydroxyl groups is 1. The Morgan fingerprint density at radius 3 is 2.72 bits per heavy atom. The molecule has 0 spiro atoms. The van der Waals surface area contributed by atoms with E-state index in [2.05, 4.69) is 4.98 Å². The van der Waals surface area contributed by atoms with Crippen LogP contribution < -0.4 is 0 Å². The van der Waals surface area contributed by atoms with E-state index >= 15 is 0 Å². The van der Waals surface area contributed by atoms with Crippen LogP contribution in [0.25, 0.3) is 0 Å². The molecule has 0 saturated carbocycles. The van der Waals surface area contributed by atoms with E-state index in [1.54, 1.807) is 0 Å². The molecule has 0 aliphatic carbocycles. The standard InChI is InChI=1S/C11H13ClN2O4/c1-7(15)2-4-9(14(17)18)11(16)8-3-5-10(12)13-6-8/h3,5-6,9,11,16H,2,4H2,1H3. The molecule has 0 fully saturated rings. The molecule has 0 bridgehead atoms. The Bertz CT molecular complexity index is 435. The molecule has 0 radical (unpaired) electrons. The number of halogens is 1. The quantitative estimate of drug-likeness (QED) is 0.484. The van der Waals surface area contributed by atoms with Crippen LogP contribution in [-0.4, -0.2) is 26.8 Å². The maximum Gasteiger partial charge on any atom is 0.243 e. The molecule has 0 aliphatic rings. The van der Waals surface area contributed by atoms with Crippen molar-refractivity contribution in [2.24, 2.45) is 0 Å². The maximum absolute atomic E-state index is 10.9. The summed E-state index contributed by atoms with van der Waals surface area (Å²) in [5, 5.41) is 21.0. The van der Waals surface area contributed by atoms with Crippen LogP contribution in [-0.2, 0) is 4.79 Å². The molecule has 98 valence electrons. The van der Waals surface area contributed by atoms with E-state index < -0.39 is 17.1 Å². The number of Topliss-reactive ketones (excluding diaryl/α,β-unsaturated/α-hetero) is 1. The van der Waals surface area contributed by atoms with Gasteiger partial charge >= 0.3 is 0 Å². The Kier molecular flexibility index (Phi) is 5.18. The summed E-state index contributed by atoms with van der Waals surface area (Å²) in [5.74, 6) is -0.150. The van der Waals surface area contributed by atoms with Crippen molar-refractivity contribution in [3.8, 4) is 0 Å². The van der Waals surface area contributed by atoms with Crippen LogP contribution in [0.3, 0.4) is 0 Å². The van der Waals surface area contributed by atoms with Gasteiger partial charge in [0, 0.05) is 29.5 Å². The molecule has 18 heavy (non-hydrogen) atoms. The summed E-state index contributed by atoms with van der Waals surface area (Å²) < 4.78 is 0. The number of ketones is 1. The first-order valence-corrected chi connectivity index (χ1v) is 5.72. The lowest BCUT2D eigenvalue weighted by molar-refractivity contribution is -0.536. The predicted octanol–water partition coefficient (Wildman–Crippen LogP) is 1.78. The second-order valence-electron chi connectivity index (χ2n) is 3.95. The molecular weight excluding hydrogens is 260 g/mol. The number of rotatable bonds is 6. The van der Waals surface area contributed by atoms with Crippen molar-refractivity contribution in [1.82, 2.24) is 4.98 Å². The second-order valence-corrected chi connectivity index (χ2v) is 4.34. The zero-order valence-corrected chi connectivity index (χ0v) is 10.5. The van der Waals surface area contributed by atoms with E-state index in [9.17, 15) is 20.0 Å². The first-order valence-electron chi connectivity index (χ1n) is 5.34. The van der Waals surface area contributed by atoms with Crippen LogP contribution in [0.2, 0.25) is 5.15 Å². The smallest absolute Gasteiger partial charge is 0.243 e. The Morgan fingerprint density at radius 1 is 1.61 bits per heavy atom. The number of nitro groups is 1. The topological polar surface area (TPSA) is 93.3 Å². The van der Waals surface area contributed by atoms with Crippen molar-refractivity contribution in [2.45, 2.75) is 31.9 Å². The van der Waals surface area contributed by atoms with Gasteiger partial charge in [-0.1, -0.05) is 17.7 Å². The van der Waals surface area contributed by atoms with Gasteiger partial charge in [-0.05, 0) is 13.0 Å². The number of hydrogen-bond acceptors (Lipinski definition) is 5. The molecule has 1 aromatic heterocycles. The molecule has 0 saturated heterocycles. The lowest BCUT2D eigenvalue weighted by atomic mass is 9.99. The van der Waals surface area contributed by atoms with Gasteiger partial charge in [0.2, 0.25) is 6.04 Å². The third-order valence-electron chi connectivity index (χ3n) is 2.52. The second kappa shape index (κ2) is 6.42. The van der Waals surface area contributed by atoms with Gasteiger partial charge < -0.3 is 9.90 Å². The van der Waals surface area contributed by atoms with E-state index in [1.807, 2.05) is 0 Å². The monoisotopic (exact) mass is 272 g/mol. The van der Waals surface area contributed by atoms with Crippen LogP contribution in [0.15, 0.2) is 18.3 Å². The minimum Gasteiger partial charge on any atom is -0.381 e. The fourth-order valence-electron chi connectivity index (χ4n) is 1.51. The molecule has 0 aliphatic heterocycles. The summed E-state index contributed by atoms with van der Waals surface area (Å²) in [7, 11) is 0. The molecule has 7 heteroatoms. The molecule has 1 rings (SSSR count). The normalized spacial score (nSPS) is 13.9. The first kappa shape index (κ1) is 14.5. The van der Waals surface area contributed by atoms with Crippen LogP contribution in [0.5, 0.6) is 0 Å². The SMILES string of the molecule is CC(=O)CCC(C(O)c1ccc(Cl)nc1)[N+](=O)[O-]. The van der Waals surface area contributed by atoms with Crippen LogP contribution in [0, 0.1) is 10.1 Å². The summed E-state index contributed by atoms with van der Waals surface area (Å²) in [4.78, 5) is 24.9. The maximum atomic E-state index is 10.9. The minimum absolute atomic E-state index is 0.00781. The average molecular weight is 273 g/mol. The molecule has 6 nitrogen and oxygen atoms in total. The van der Waals surface area contributed by atoms with Crippen LogP contribution >= 0.6 is 11.6 Å². The van der Waals surface area contributed by atoms with Crippen molar-refractivity contribution in [2.75, 3.05) is 0 Å². The van der Waals surface area contributed by atoms with Gasteiger partial charge in [-0.25, -0.2) is 4.98 Å². The van der Waals surface area contributed by atoms with Gasteiger partial charge in [-0.2, -0.15) is 0 Å². The zero-order valence-electron chi connectivity index (χ0n) is 9.75. The van der Waals surface area contributed by atoms with E-state index in [1.165, 1.54) is 25.3 Å². The fourth-order valence-corrected chi connectivity index (χ4v) is 1.63. The Hall–Kier alpha value is -1.53. The highest BCUT2D eigenvalue weighted by Gasteiger charge is 2.31. The van der Waals surface area contributed by atoms with Gasteiger partial charge in [0.05, 0.1) is 0 Å². The molecule has 0 aromatic carbocycles. The Morgan fingerprint density at radius 2 is 2.28 bits per heavy atom. The van der Waals surface area contributed by atoms with Crippen molar-refractivity contribution in [1.29, 1.82) is 0 Å². The van der Waals surface area contributed by atoms with E-state index in [4.69, 9.17) is 11.6 Å². The largest absolute Gasteiger partial charge is 0.381 e. The molecule has 1 heterocycles. The van der Waals surface area contributed by atoms with Gasteiger partial charge in [-0.15, -0.1) is 0 Å². The molecular formula is C11H13ClN2O4. The summed E-state index contributed by atoms with van der Waals surface area (Å²) in [6.45, 7) is 1.35. The van der Waals surface area contributed by atoms with Gasteiger partial charge in [0.15, 0.2) is 0 Å². The van der Waals surface area contributed by atoms with Gasteiger partial charge in [-0.3, -0.25) is 10.1 Å². The van der Waals surface area contributed by atoms with Crippen LogP contribution in [0.4, 0.5) is 0 Å². The molecule has 2 unspecified atom stereocenters. The number of carbonyl (C=O) groups is 1. The third-order valence-corrected chi connectivity index (χ3v) is 2.74. The molecule has 1 N–H and O–H groups in total. The lowest BCUT2D eigenvalue weighted by Gasteiger charge is -2.15. The van der Waals surface area contributed by atoms with E-state index in [-0.39, 0.29) is 23.8 Å². The highest BCUT2D eigenvalue weighted by molar-refractivity contribution is 6.29. The average Bonchev–Trinajstić information content (AvgIpc) is 2.29. The van der Waals surface area contributed by atoms with Crippen molar-refractivity contribution >= 4 is 17.4 Å². The summed E-state index contributed by atoms with van der Waals surface area (Å²) >= 11 is 5.59. The van der Waals surface area contributed by atoms with Crippen molar-refractivity contribution < 1.29 is 14.8 Å². The molecule has 0 amide bonds. The lowest BCUT2D eigenvalue weighted by Crippen LogP contribution is -2.28. The summed E-state index contributed by atoms with van der Waals surface area (Å²) in [5.41, 5.74) is 0.310. The third kappa shape index (κ3) is 4.05.